The molecule has 2 saturated heterocycles. The van der Waals surface area contributed by atoms with Crippen LogP contribution in [0, 0.1) is 17.8 Å². The Morgan fingerprint density at radius 3 is 2.52 bits per heavy atom. The molecule has 2 saturated carbocycles. The number of likely N-dealkylation sites (tertiary alicyclic amines) is 1. The first kappa shape index (κ1) is 13.6. The fraction of sp³-hybridized carbons (Fsp3) is 0.875. The predicted octanol–water partition coefficient (Wildman–Crippen LogP) is 0.929. The molecule has 0 radical (unpaired) electrons. The summed E-state index contributed by atoms with van der Waals surface area (Å²) in [5, 5.41) is 3.03. The number of fused-ring (bicyclic) bond motifs is 1. The molecular weight excluding hydrogens is 268 g/mol. The van der Waals surface area contributed by atoms with E-state index in [1.54, 1.807) is 0 Å². The van der Waals surface area contributed by atoms with Crippen molar-refractivity contribution in [2.24, 2.45) is 17.8 Å². The topological polar surface area (TPSA) is 58.6 Å². The summed E-state index contributed by atoms with van der Waals surface area (Å²) in [6.45, 7) is 2.25. The molecule has 0 spiro atoms. The highest BCUT2D eigenvalue weighted by atomic mass is 16.5. The molecule has 4 rings (SSSR count). The van der Waals surface area contributed by atoms with Crippen LogP contribution < -0.4 is 5.32 Å². The van der Waals surface area contributed by atoms with Crippen molar-refractivity contribution in [3.05, 3.63) is 0 Å². The normalized spacial score (nSPS) is 35.4. The van der Waals surface area contributed by atoms with Gasteiger partial charge in [-0.2, -0.15) is 0 Å². The number of ether oxygens (including phenoxy) is 1. The summed E-state index contributed by atoms with van der Waals surface area (Å²) in [5.41, 5.74) is 0. The minimum atomic E-state index is 0.141. The molecule has 2 amide bonds. The molecule has 4 fully saturated rings. The second-order valence-electron chi connectivity index (χ2n) is 7.18. The van der Waals surface area contributed by atoms with E-state index in [1.165, 1.54) is 6.42 Å². The summed E-state index contributed by atoms with van der Waals surface area (Å²) < 4.78 is 6.04. The fourth-order valence-corrected chi connectivity index (χ4v) is 3.79. The van der Waals surface area contributed by atoms with Crippen molar-refractivity contribution >= 4 is 11.8 Å². The lowest BCUT2D eigenvalue weighted by Crippen LogP contribution is -2.39. The van der Waals surface area contributed by atoms with Crippen molar-refractivity contribution < 1.29 is 14.3 Å². The molecule has 4 aliphatic rings. The van der Waals surface area contributed by atoms with E-state index in [0.717, 1.165) is 45.2 Å². The zero-order valence-electron chi connectivity index (χ0n) is 12.4. The lowest BCUT2D eigenvalue weighted by Gasteiger charge is -2.25. The van der Waals surface area contributed by atoms with Crippen molar-refractivity contribution in [1.29, 1.82) is 0 Å². The van der Waals surface area contributed by atoms with Crippen LogP contribution in [0.4, 0.5) is 0 Å². The molecule has 5 nitrogen and oxygen atoms in total. The summed E-state index contributed by atoms with van der Waals surface area (Å²) in [4.78, 5) is 25.9. The van der Waals surface area contributed by atoms with Gasteiger partial charge < -0.3 is 15.0 Å². The number of carbonyl (C=O) groups is 2. The van der Waals surface area contributed by atoms with Gasteiger partial charge in [0, 0.05) is 37.4 Å². The molecular formula is C16H24N2O3. The van der Waals surface area contributed by atoms with Crippen molar-refractivity contribution in [1.82, 2.24) is 10.2 Å². The highest BCUT2D eigenvalue weighted by Gasteiger charge is 2.45. The molecule has 0 aromatic heterocycles. The van der Waals surface area contributed by atoms with Gasteiger partial charge in [0.15, 0.2) is 0 Å². The van der Waals surface area contributed by atoms with Crippen LogP contribution in [0.25, 0.3) is 0 Å². The third-order valence-corrected chi connectivity index (χ3v) is 5.53. The van der Waals surface area contributed by atoms with Crippen LogP contribution in [0.1, 0.15) is 38.5 Å². The average molecular weight is 292 g/mol. The van der Waals surface area contributed by atoms with Gasteiger partial charge in [0.25, 0.3) is 0 Å². The maximum atomic E-state index is 12.1. The van der Waals surface area contributed by atoms with Gasteiger partial charge in [0.1, 0.15) is 0 Å². The Kier molecular flexibility index (Phi) is 3.40. The Morgan fingerprint density at radius 2 is 1.90 bits per heavy atom. The van der Waals surface area contributed by atoms with Crippen LogP contribution in [0.15, 0.2) is 0 Å². The molecule has 1 N–H and O–H groups in total. The van der Waals surface area contributed by atoms with E-state index in [-0.39, 0.29) is 24.0 Å². The number of rotatable bonds is 4. The van der Waals surface area contributed by atoms with E-state index in [4.69, 9.17) is 4.74 Å². The molecule has 2 aliphatic heterocycles. The average Bonchev–Trinajstić information content (AvgIpc) is 3.05. The Labute approximate surface area is 125 Å². The second kappa shape index (κ2) is 5.27. The monoisotopic (exact) mass is 292 g/mol. The van der Waals surface area contributed by atoms with Crippen LogP contribution in [0.3, 0.4) is 0 Å². The molecule has 2 heterocycles. The molecule has 21 heavy (non-hydrogen) atoms. The van der Waals surface area contributed by atoms with Crippen molar-refractivity contribution in [2.45, 2.75) is 50.7 Å². The van der Waals surface area contributed by atoms with Crippen LogP contribution in [0.5, 0.6) is 0 Å². The summed E-state index contributed by atoms with van der Waals surface area (Å²) in [6.07, 6.45) is 6.72. The van der Waals surface area contributed by atoms with E-state index in [1.807, 2.05) is 4.90 Å². The van der Waals surface area contributed by atoms with Crippen LogP contribution in [-0.2, 0) is 14.3 Å². The summed E-state index contributed by atoms with van der Waals surface area (Å²) in [6, 6.07) is 0. The standard InChI is InChI=1S/C16H24N2O3/c19-15(10-2-1-3-10)17-7-13-6-12-8-18(9-14(12)21-13)16(20)11-4-5-11/h10-14H,1-9H2,(H,17,19)/t12-,13-,14+/m1/s1. The van der Waals surface area contributed by atoms with Gasteiger partial charge in [0.2, 0.25) is 11.8 Å². The number of nitrogens with zero attached hydrogens (tertiary/aromatic N) is 1. The van der Waals surface area contributed by atoms with Crippen LogP contribution in [-0.4, -0.2) is 48.6 Å². The molecule has 5 heteroatoms. The molecule has 0 aromatic rings. The van der Waals surface area contributed by atoms with Crippen molar-refractivity contribution in [3.8, 4) is 0 Å². The number of hydrogen-bond acceptors (Lipinski definition) is 3. The van der Waals surface area contributed by atoms with Gasteiger partial charge in [-0.15, -0.1) is 0 Å². The number of hydrogen-bond donors (Lipinski definition) is 1. The first-order valence-corrected chi connectivity index (χ1v) is 8.42. The SMILES string of the molecule is O=C(NC[C@H]1C[C@@H]2CN(C(=O)C3CC3)C[C@@H]2O1)C1CCC1. The molecule has 2 aliphatic carbocycles. The number of amides is 2. The third-order valence-electron chi connectivity index (χ3n) is 5.53. The van der Waals surface area contributed by atoms with Gasteiger partial charge in [0.05, 0.1) is 12.2 Å². The Morgan fingerprint density at radius 1 is 1.10 bits per heavy atom. The van der Waals surface area contributed by atoms with Gasteiger partial charge >= 0.3 is 0 Å². The largest absolute Gasteiger partial charge is 0.371 e. The highest BCUT2D eigenvalue weighted by molar-refractivity contribution is 5.81. The first-order chi connectivity index (χ1) is 10.2. The number of nitrogens with one attached hydrogen (secondary N) is 1. The molecule has 0 bridgehead atoms. The molecule has 0 aromatic carbocycles. The summed E-state index contributed by atoms with van der Waals surface area (Å²) >= 11 is 0. The quantitative estimate of drug-likeness (QED) is 0.838. The van der Waals surface area contributed by atoms with Crippen molar-refractivity contribution in [2.75, 3.05) is 19.6 Å². The zero-order chi connectivity index (χ0) is 14.4. The van der Waals surface area contributed by atoms with Gasteiger partial charge in [-0.1, -0.05) is 6.42 Å². The third kappa shape index (κ3) is 2.68. The maximum absolute atomic E-state index is 12.1. The Hall–Kier alpha value is -1.10. The molecule has 116 valence electrons. The van der Waals surface area contributed by atoms with Crippen molar-refractivity contribution in [3.63, 3.8) is 0 Å². The zero-order valence-corrected chi connectivity index (χ0v) is 12.4. The van der Waals surface area contributed by atoms with Crippen LogP contribution in [0.2, 0.25) is 0 Å². The Bertz CT molecular complexity index is 431. The van der Waals surface area contributed by atoms with E-state index in [0.29, 0.717) is 24.3 Å². The van der Waals surface area contributed by atoms with Crippen LogP contribution >= 0.6 is 0 Å². The van der Waals surface area contributed by atoms with E-state index < -0.39 is 0 Å². The fourth-order valence-electron chi connectivity index (χ4n) is 3.79. The van der Waals surface area contributed by atoms with Gasteiger partial charge in [-0.05, 0) is 32.1 Å². The summed E-state index contributed by atoms with van der Waals surface area (Å²) in [7, 11) is 0. The predicted molar refractivity (Wildman–Crippen MR) is 76.4 cm³/mol. The second-order valence-corrected chi connectivity index (χ2v) is 7.18. The first-order valence-electron chi connectivity index (χ1n) is 8.42. The summed E-state index contributed by atoms with van der Waals surface area (Å²) in [5.74, 6) is 1.56. The molecule has 0 unspecified atom stereocenters. The van der Waals surface area contributed by atoms with E-state index >= 15 is 0 Å². The lowest BCUT2D eigenvalue weighted by atomic mass is 9.85. The minimum Gasteiger partial charge on any atom is -0.371 e. The molecule has 3 atom stereocenters. The van der Waals surface area contributed by atoms with Gasteiger partial charge in [-0.3, -0.25) is 9.59 Å². The minimum absolute atomic E-state index is 0.141. The van der Waals surface area contributed by atoms with E-state index in [9.17, 15) is 9.59 Å². The Balaban J connectivity index is 1.22. The maximum Gasteiger partial charge on any atom is 0.225 e. The van der Waals surface area contributed by atoms with E-state index in [2.05, 4.69) is 5.32 Å². The lowest BCUT2D eigenvalue weighted by molar-refractivity contribution is -0.132. The number of carbonyl (C=O) groups excluding carboxylic acids is 2. The smallest absolute Gasteiger partial charge is 0.225 e. The highest BCUT2D eigenvalue weighted by Crippen LogP contribution is 2.37. The van der Waals surface area contributed by atoms with Gasteiger partial charge in [-0.25, -0.2) is 0 Å².